The minimum atomic E-state index is 0.389. The average Bonchev–Trinajstić information content (AvgIpc) is 2.33. The fourth-order valence-corrected chi connectivity index (χ4v) is 3.78. The van der Waals surface area contributed by atoms with Crippen LogP contribution in [0.15, 0.2) is 0 Å². The van der Waals surface area contributed by atoms with E-state index in [-0.39, 0.29) is 0 Å². The summed E-state index contributed by atoms with van der Waals surface area (Å²) >= 11 is 0. The highest BCUT2D eigenvalue weighted by molar-refractivity contribution is 5.81. The van der Waals surface area contributed by atoms with E-state index in [9.17, 15) is 4.79 Å². The van der Waals surface area contributed by atoms with E-state index in [0.29, 0.717) is 17.7 Å². The third kappa shape index (κ3) is 3.57. The highest BCUT2D eigenvalue weighted by Gasteiger charge is 2.31. The zero-order chi connectivity index (χ0) is 13.1. The molecule has 0 aromatic rings. The van der Waals surface area contributed by atoms with Crippen molar-refractivity contribution in [1.82, 2.24) is 0 Å². The van der Waals surface area contributed by atoms with Crippen LogP contribution in [0.2, 0.25) is 0 Å². The highest BCUT2D eigenvalue weighted by atomic mass is 16.1. The van der Waals surface area contributed by atoms with Crippen LogP contribution in [-0.2, 0) is 4.79 Å². The van der Waals surface area contributed by atoms with Crippen LogP contribution >= 0.6 is 0 Å². The lowest BCUT2D eigenvalue weighted by atomic mass is 9.80. The van der Waals surface area contributed by atoms with E-state index in [1.165, 1.54) is 32.2 Å². The molecule has 0 bridgehead atoms. The number of nitrogens with one attached hydrogen (secondary N) is 1. The predicted molar refractivity (Wildman–Crippen MR) is 74.7 cm³/mol. The maximum Gasteiger partial charge on any atom is 0.189 e. The van der Waals surface area contributed by atoms with Crippen molar-refractivity contribution in [3.8, 4) is 0 Å². The van der Waals surface area contributed by atoms with Gasteiger partial charge in [-0.05, 0) is 38.0 Å². The normalized spacial score (nSPS) is 41.6. The van der Waals surface area contributed by atoms with Crippen LogP contribution in [0, 0.1) is 17.8 Å². The zero-order valence-corrected chi connectivity index (χ0v) is 12.4. The summed E-state index contributed by atoms with van der Waals surface area (Å²) in [5, 5.41) is 0. The molecule has 1 saturated heterocycles. The number of piperidine rings is 1. The van der Waals surface area contributed by atoms with Crippen molar-refractivity contribution in [1.29, 1.82) is 0 Å². The maximum atomic E-state index is 12.4. The molecule has 1 aliphatic heterocycles. The Morgan fingerprint density at radius 3 is 2.28 bits per heavy atom. The molecule has 3 unspecified atom stereocenters. The molecule has 2 rings (SSSR count). The molecule has 3 atom stereocenters. The molecule has 1 heterocycles. The molecular weight excluding hydrogens is 222 g/mol. The third-order valence-corrected chi connectivity index (χ3v) is 5.28. The topological polar surface area (TPSA) is 21.5 Å². The van der Waals surface area contributed by atoms with E-state index < -0.39 is 0 Å². The monoisotopic (exact) mass is 252 g/mol. The van der Waals surface area contributed by atoms with Gasteiger partial charge in [0, 0.05) is 12.3 Å². The van der Waals surface area contributed by atoms with Gasteiger partial charge in [0.2, 0.25) is 0 Å². The molecule has 0 amide bonds. The first-order valence-corrected chi connectivity index (χ1v) is 7.93. The molecule has 1 N–H and O–H groups in total. The molecule has 1 saturated carbocycles. The number of quaternary nitrogens is 1. The fraction of sp³-hybridized carbons (Fsp3) is 0.938. The quantitative estimate of drug-likeness (QED) is 0.816. The van der Waals surface area contributed by atoms with E-state index in [0.717, 1.165) is 31.2 Å². The SMILES string of the molecule is CC1CCC(C(=O)C[NH+]2CCC(C)CC2C)CC1. The molecule has 18 heavy (non-hydrogen) atoms. The van der Waals surface area contributed by atoms with Crippen LogP contribution in [-0.4, -0.2) is 24.9 Å². The van der Waals surface area contributed by atoms with Crippen molar-refractivity contribution >= 4 is 5.78 Å². The van der Waals surface area contributed by atoms with Crippen LogP contribution in [0.5, 0.6) is 0 Å². The average molecular weight is 252 g/mol. The summed E-state index contributed by atoms with van der Waals surface area (Å²) in [5.41, 5.74) is 0. The van der Waals surface area contributed by atoms with Crippen LogP contribution < -0.4 is 4.90 Å². The number of hydrogen-bond donors (Lipinski definition) is 1. The Bertz CT molecular complexity index is 281. The van der Waals surface area contributed by atoms with Gasteiger partial charge in [0.25, 0.3) is 0 Å². The smallest absolute Gasteiger partial charge is 0.189 e. The molecule has 2 heteroatoms. The number of carbonyl (C=O) groups is 1. The minimum Gasteiger partial charge on any atom is -0.327 e. The first-order valence-electron chi connectivity index (χ1n) is 7.93. The lowest BCUT2D eigenvalue weighted by Gasteiger charge is -2.34. The number of hydrogen-bond acceptors (Lipinski definition) is 1. The molecule has 0 aromatic heterocycles. The van der Waals surface area contributed by atoms with Gasteiger partial charge in [0.05, 0.1) is 12.6 Å². The van der Waals surface area contributed by atoms with Gasteiger partial charge in [-0.3, -0.25) is 4.79 Å². The third-order valence-electron chi connectivity index (χ3n) is 5.28. The van der Waals surface area contributed by atoms with Crippen molar-refractivity contribution in [3.63, 3.8) is 0 Å². The number of rotatable bonds is 3. The molecule has 2 aliphatic rings. The molecule has 0 aromatic carbocycles. The predicted octanol–water partition coefficient (Wildman–Crippen LogP) is 2.09. The maximum absolute atomic E-state index is 12.4. The molecular formula is C16H30NO+. The lowest BCUT2D eigenvalue weighted by Crippen LogP contribution is -3.17. The first-order chi connectivity index (χ1) is 8.56. The number of likely N-dealkylation sites (tertiary alicyclic amines) is 1. The second-order valence-corrected chi connectivity index (χ2v) is 7.04. The number of ketones is 1. The largest absolute Gasteiger partial charge is 0.327 e. The van der Waals surface area contributed by atoms with Crippen molar-refractivity contribution in [3.05, 3.63) is 0 Å². The molecule has 0 spiro atoms. The Labute approximate surface area is 112 Å². The summed E-state index contributed by atoms with van der Waals surface area (Å²) in [6.45, 7) is 8.99. The summed E-state index contributed by atoms with van der Waals surface area (Å²) in [7, 11) is 0. The second kappa shape index (κ2) is 6.18. The van der Waals surface area contributed by atoms with Crippen LogP contribution in [0.3, 0.4) is 0 Å². The lowest BCUT2D eigenvalue weighted by molar-refractivity contribution is -0.922. The highest BCUT2D eigenvalue weighted by Crippen LogP contribution is 2.28. The van der Waals surface area contributed by atoms with Gasteiger partial charge in [0.1, 0.15) is 6.54 Å². The Hall–Kier alpha value is -0.370. The summed E-state index contributed by atoms with van der Waals surface area (Å²) in [4.78, 5) is 13.9. The standard InChI is InChI=1S/C16H29NO/c1-12-4-6-15(7-5-12)16(18)11-17-9-8-13(2)10-14(17)3/h12-15H,4-11H2,1-3H3/p+1. The van der Waals surface area contributed by atoms with E-state index in [4.69, 9.17) is 0 Å². The summed E-state index contributed by atoms with van der Waals surface area (Å²) < 4.78 is 0. The number of carbonyl (C=O) groups excluding carboxylic acids is 1. The van der Waals surface area contributed by atoms with Gasteiger partial charge in [-0.15, -0.1) is 0 Å². The molecule has 2 nitrogen and oxygen atoms in total. The summed E-state index contributed by atoms with van der Waals surface area (Å²) in [6.07, 6.45) is 7.42. The molecule has 0 radical (unpaired) electrons. The summed E-state index contributed by atoms with van der Waals surface area (Å²) in [5.74, 6) is 2.64. The van der Waals surface area contributed by atoms with E-state index in [2.05, 4.69) is 20.8 Å². The summed E-state index contributed by atoms with van der Waals surface area (Å²) in [6, 6.07) is 0.681. The van der Waals surface area contributed by atoms with Gasteiger partial charge in [-0.2, -0.15) is 0 Å². The van der Waals surface area contributed by atoms with Gasteiger partial charge in [-0.25, -0.2) is 0 Å². The van der Waals surface area contributed by atoms with Gasteiger partial charge >= 0.3 is 0 Å². The van der Waals surface area contributed by atoms with E-state index >= 15 is 0 Å². The van der Waals surface area contributed by atoms with Gasteiger partial charge < -0.3 is 4.90 Å². The van der Waals surface area contributed by atoms with Crippen LogP contribution in [0.1, 0.15) is 59.3 Å². The second-order valence-electron chi connectivity index (χ2n) is 7.04. The van der Waals surface area contributed by atoms with Crippen LogP contribution in [0.4, 0.5) is 0 Å². The van der Waals surface area contributed by atoms with Gasteiger partial charge in [0.15, 0.2) is 5.78 Å². The van der Waals surface area contributed by atoms with Crippen molar-refractivity contribution in [2.24, 2.45) is 17.8 Å². The zero-order valence-electron chi connectivity index (χ0n) is 12.4. The Balaban J connectivity index is 1.80. The Morgan fingerprint density at radius 1 is 1.00 bits per heavy atom. The Kier molecular flexibility index (Phi) is 4.83. The van der Waals surface area contributed by atoms with Crippen LogP contribution in [0.25, 0.3) is 0 Å². The van der Waals surface area contributed by atoms with E-state index in [1.807, 2.05) is 0 Å². The molecule has 104 valence electrons. The molecule has 2 fully saturated rings. The van der Waals surface area contributed by atoms with Crippen molar-refractivity contribution in [2.45, 2.75) is 65.3 Å². The van der Waals surface area contributed by atoms with Gasteiger partial charge in [-0.1, -0.05) is 26.7 Å². The minimum absolute atomic E-state index is 0.389. The van der Waals surface area contributed by atoms with E-state index in [1.54, 1.807) is 4.90 Å². The number of Topliss-reactive ketones (excluding diaryl/α,β-unsaturated/α-hetero) is 1. The first kappa shape index (κ1) is 14.0. The Morgan fingerprint density at radius 2 is 1.67 bits per heavy atom. The van der Waals surface area contributed by atoms with Crippen molar-refractivity contribution < 1.29 is 9.69 Å². The molecule has 1 aliphatic carbocycles. The fourth-order valence-electron chi connectivity index (χ4n) is 3.78. The van der Waals surface area contributed by atoms with Crippen molar-refractivity contribution in [2.75, 3.05) is 13.1 Å².